The molecular weight excluding hydrogens is 357 g/mol. The highest BCUT2D eigenvalue weighted by Crippen LogP contribution is 2.41. The van der Waals surface area contributed by atoms with Crippen LogP contribution in [0.15, 0.2) is 12.1 Å². The second-order valence-electron chi connectivity index (χ2n) is 5.51. The second kappa shape index (κ2) is 6.74. The van der Waals surface area contributed by atoms with Gasteiger partial charge in [-0.3, -0.25) is 0 Å². The van der Waals surface area contributed by atoms with Crippen LogP contribution in [0.1, 0.15) is 35.2 Å². The van der Waals surface area contributed by atoms with E-state index in [4.69, 9.17) is 11.6 Å². The van der Waals surface area contributed by atoms with E-state index >= 15 is 0 Å². The van der Waals surface area contributed by atoms with Gasteiger partial charge in [-0.15, -0.1) is 0 Å². The van der Waals surface area contributed by atoms with Crippen LogP contribution < -0.4 is 4.90 Å². The first-order valence-electron chi connectivity index (χ1n) is 7.17. The highest BCUT2D eigenvalue weighted by molar-refractivity contribution is 6.35. The Hall–Kier alpha value is -1.57. The van der Waals surface area contributed by atoms with Crippen molar-refractivity contribution in [3.63, 3.8) is 0 Å². The molecule has 0 atom stereocenters. The number of carbonyl (C=O) groups is 1. The Labute approximate surface area is 140 Å². The van der Waals surface area contributed by atoms with Crippen molar-refractivity contribution in [2.24, 2.45) is 0 Å². The van der Waals surface area contributed by atoms with E-state index in [2.05, 4.69) is 4.74 Å². The van der Waals surface area contributed by atoms with Crippen molar-refractivity contribution in [1.29, 1.82) is 0 Å². The van der Waals surface area contributed by atoms with Crippen molar-refractivity contribution in [2.45, 2.75) is 31.4 Å². The monoisotopic (exact) mass is 371 g/mol. The molecule has 1 aliphatic heterocycles. The summed E-state index contributed by atoms with van der Waals surface area (Å²) in [6.45, 7) is 0.0833. The summed E-state index contributed by atoms with van der Waals surface area (Å²) in [6, 6.07) is 1.82. The van der Waals surface area contributed by atoms with Gasteiger partial charge in [0, 0.05) is 25.9 Å². The van der Waals surface area contributed by atoms with E-state index in [1.54, 1.807) is 0 Å². The summed E-state index contributed by atoms with van der Waals surface area (Å²) in [7, 11) is 1.01. The number of rotatable bonds is 2. The van der Waals surface area contributed by atoms with Crippen molar-refractivity contribution >= 4 is 23.3 Å². The fourth-order valence-corrected chi connectivity index (χ4v) is 2.99. The molecule has 24 heavy (non-hydrogen) atoms. The Morgan fingerprint density at radius 2 is 1.92 bits per heavy atom. The Balaban J connectivity index is 2.50. The van der Waals surface area contributed by atoms with Crippen LogP contribution in [0.3, 0.4) is 0 Å². The first kappa shape index (κ1) is 18.8. The summed E-state index contributed by atoms with van der Waals surface area (Å²) < 4.78 is 70.5. The molecule has 1 aromatic rings. The van der Waals surface area contributed by atoms with Gasteiger partial charge in [-0.1, -0.05) is 11.6 Å². The Bertz CT molecular complexity index is 633. The average molecular weight is 372 g/mol. The van der Waals surface area contributed by atoms with Crippen LogP contribution in [0.25, 0.3) is 0 Å². The molecule has 0 saturated carbocycles. The number of hydrogen-bond acceptors (Lipinski definition) is 3. The minimum atomic E-state index is -4.75. The van der Waals surface area contributed by atoms with E-state index in [0.29, 0.717) is 0 Å². The zero-order valence-corrected chi connectivity index (χ0v) is 13.5. The minimum Gasteiger partial charge on any atom is -0.465 e. The topological polar surface area (TPSA) is 29.5 Å². The number of nitrogens with zero attached hydrogens (tertiary/aromatic N) is 1. The van der Waals surface area contributed by atoms with Gasteiger partial charge in [0.2, 0.25) is 5.92 Å². The maximum Gasteiger partial charge on any atom is 0.417 e. The maximum atomic E-state index is 13.5. The van der Waals surface area contributed by atoms with Crippen LogP contribution in [-0.4, -0.2) is 32.1 Å². The number of ether oxygens (including phenoxy) is 1. The molecule has 0 N–H and O–H groups in total. The molecule has 0 amide bonds. The fourth-order valence-electron chi connectivity index (χ4n) is 2.65. The fraction of sp³-hybridized carbons (Fsp3) is 0.533. The van der Waals surface area contributed by atoms with Crippen molar-refractivity contribution in [3.8, 4) is 0 Å². The number of anilines is 1. The third-order valence-corrected chi connectivity index (χ3v) is 4.27. The molecule has 0 aromatic heterocycles. The quantitative estimate of drug-likeness (QED) is 0.554. The van der Waals surface area contributed by atoms with Gasteiger partial charge in [-0.05, 0) is 18.6 Å². The van der Waals surface area contributed by atoms with Gasteiger partial charge in [0.1, 0.15) is 5.56 Å². The molecule has 9 heteroatoms. The van der Waals surface area contributed by atoms with Crippen molar-refractivity contribution in [3.05, 3.63) is 28.3 Å². The number of halogens is 6. The normalized spacial score (nSPS) is 18.2. The largest absolute Gasteiger partial charge is 0.465 e. The summed E-state index contributed by atoms with van der Waals surface area (Å²) in [5.74, 6) is -3.88. The highest BCUT2D eigenvalue weighted by Gasteiger charge is 2.38. The number of methoxy groups -OCH3 is 1. The summed E-state index contributed by atoms with van der Waals surface area (Å²) in [5.41, 5.74) is -1.56. The molecule has 0 unspecified atom stereocenters. The first-order valence-corrected chi connectivity index (χ1v) is 7.55. The van der Waals surface area contributed by atoms with E-state index in [1.807, 2.05) is 0 Å². The number of alkyl halides is 5. The molecule has 1 fully saturated rings. The SMILES string of the molecule is COC(=O)c1c(N2CCCC(F)(F)CC2)ccc(C(F)(F)F)c1Cl. The molecular formula is C15H15ClF5NO2. The maximum absolute atomic E-state index is 13.5. The van der Waals surface area contributed by atoms with Crippen LogP contribution >= 0.6 is 11.6 Å². The molecule has 0 radical (unpaired) electrons. The minimum absolute atomic E-state index is 0.0672. The molecule has 0 bridgehead atoms. The third-order valence-electron chi connectivity index (χ3n) is 3.87. The highest BCUT2D eigenvalue weighted by atomic mass is 35.5. The van der Waals surface area contributed by atoms with Crippen LogP contribution in [0, 0.1) is 0 Å². The molecule has 1 aliphatic rings. The van der Waals surface area contributed by atoms with Gasteiger partial charge in [0.05, 0.1) is 23.4 Å². The zero-order chi connectivity index (χ0) is 18.1. The van der Waals surface area contributed by atoms with E-state index in [-0.39, 0.29) is 31.6 Å². The van der Waals surface area contributed by atoms with Crippen molar-refractivity contribution < 1.29 is 31.5 Å². The van der Waals surface area contributed by atoms with Gasteiger partial charge < -0.3 is 9.64 Å². The Kier molecular flexibility index (Phi) is 5.27. The molecule has 1 aromatic carbocycles. The van der Waals surface area contributed by atoms with Gasteiger partial charge in [-0.25, -0.2) is 13.6 Å². The van der Waals surface area contributed by atoms with Crippen molar-refractivity contribution in [1.82, 2.24) is 0 Å². The van der Waals surface area contributed by atoms with Gasteiger partial charge >= 0.3 is 12.1 Å². The smallest absolute Gasteiger partial charge is 0.417 e. The molecule has 2 rings (SSSR count). The Morgan fingerprint density at radius 3 is 2.50 bits per heavy atom. The van der Waals surface area contributed by atoms with E-state index in [0.717, 1.165) is 19.2 Å². The molecule has 1 heterocycles. The predicted octanol–water partition coefficient (Wildman–Crippen LogP) is 4.77. The van der Waals surface area contributed by atoms with Crippen LogP contribution in [0.4, 0.5) is 27.6 Å². The molecule has 0 spiro atoms. The lowest BCUT2D eigenvalue weighted by atomic mass is 10.1. The lowest BCUT2D eigenvalue weighted by Gasteiger charge is -2.26. The molecule has 0 aliphatic carbocycles. The first-order chi connectivity index (χ1) is 11.1. The van der Waals surface area contributed by atoms with E-state index < -0.39 is 40.6 Å². The van der Waals surface area contributed by atoms with Crippen LogP contribution in [-0.2, 0) is 10.9 Å². The van der Waals surface area contributed by atoms with Gasteiger partial charge in [0.25, 0.3) is 0 Å². The summed E-state index contributed by atoms with van der Waals surface area (Å²) in [6.07, 6.45) is -5.37. The van der Waals surface area contributed by atoms with Crippen molar-refractivity contribution in [2.75, 3.05) is 25.1 Å². The van der Waals surface area contributed by atoms with E-state index in [9.17, 15) is 26.7 Å². The number of benzene rings is 1. The second-order valence-corrected chi connectivity index (χ2v) is 5.89. The lowest BCUT2D eigenvalue weighted by molar-refractivity contribution is -0.137. The molecule has 3 nitrogen and oxygen atoms in total. The summed E-state index contributed by atoms with van der Waals surface area (Å²) >= 11 is 5.79. The van der Waals surface area contributed by atoms with Gasteiger partial charge in [-0.2, -0.15) is 13.2 Å². The van der Waals surface area contributed by atoms with E-state index in [1.165, 1.54) is 4.90 Å². The zero-order valence-electron chi connectivity index (χ0n) is 12.7. The average Bonchev–Trinajstić information content (AvgIpc) is 2.65. The summed E-state index contributed by atoms with van der Waals surface area (Å²) in [4.78, 5) is 13.4. The summed E-state index contributed by atoms with van der Waals surface area (Å²) in [5, 5.41) is -0.789. The number of carbonyl (C=O) groups excluding carboxylic acids is 1. The molecule has 1 saturated heterocycles. The standard InChI is InChI=1S/C15H15ClF5NO2/c1-24-13(23)11-10(4-3-9(12(11)16)15(19,20)21)22-7-2-5-14(17,18)6-8-22/h3-4H,2,5-8H2,1H3. The van der Waals surface area contributed by atoms with Crippen LogP contribution in [0.5, 0.6) is 0 Å². The molecule has 134 valence electrons. The number of hydrogen-bond donors (Lipinski definition) is 0. The van der Waals surface area contributed by atoms with Gasteiger partial charge in [0.15, 0.2) is 0 Å². The van der Waals surface area contributed by atoms with Crippen LogP contribution in [0.2, 0.25) is 5.02 Å². The Morgan fingerprint density at radius 1 is 1.25 bits per heavy atom. The predicted molar refractivity (Wildman–Crippen MR) is 78.8 cm³/mol. The lowest BCUT2D eigenvalue weighted by Crippen LogP contribution is -2.28. The number of esters is 1. The third kappa shape index (κ3) is 3.91.